The van der Waals surface area contributed by atoms with Crippen molar-refractivity contribution in [1.82, 2.24) is 0 Å². The molecule has 0 N–H and O–H groups in total. The number of rotatable bonds is 6. The molecule has 0 aromatic heterocycles. The van der Waals surface area contributed by atoms with Gasteiger partial charge in [-0.2, -0.15) is 0 Å². The zero-order valence-corrected chi connectivity index (χ0v) is 12.3. The number of carbonyl (C=O) groups is 1. The van der Waals surface area contributed by atoms with Crippen LogP contribution in [0.25, 0.3) is 0 Å². The smallest absolute Gasteiger partial charge is 0.338 e. The van der Waals surface area contributed by atoms with Gasteiger partial charge in [0.05, 0.1) is 17.1 Å². The third-order valence-electron chi connectivity index (χ3n) is 2.48. The molecular weight excluding hydrogens is 292 g/mol. The van der Waals surface area contributed by atoms with E-state index in [9.17, 15) is 13.2 Å². The van der Waals surface area contributed by atoms with Crippen LogP contribution < -0.4 is 0 Å². The molecule has 7 heteroatoms. The zero-order valence-electron chi connectivity index (χ0n) is 10.7. The molecule has 0 saturated heterocycles. The number of hydrogen-bond acceptors (Lipinski definition) is 5. The lowest BCUT2D eigenvalue weighted by atomic mass is 10.1. The molecule has 0 atom stereocenters. The van der Waals surface area contributed by atoms with E-state index < -0.39 is 15.0 Å². The number of carbonyl (C=O) groups excluding carboxylic acids is 1. The van der Waals surface area contributed by atoms with Gasteiger partial charge in [-0.3, -0.25) is 0 Å². The molecule has 0 radical (unpaired) electrons. The van der Waals surface area contributed by atoms with Gasteiger partial charge in [0.25, 0.3) is 9.05 Å². The molecule has 1 aromatic rings. The molecule has 0 saturated carbocycles. The maximum atomic E-state index is 11.9. The van der Waals surface area contributed by atoms with Gasteiger partial charge in [0.2, 0.25) is 0 Å². The first-order valence-electron chi connectivity index (χ1n) is 5.63. The van der Waals surface area contributed by atoms with E-state index >= 15 is 0 Å². The SMILES string of the molecule is CCc1ccc(S(=O)(=O)Cl)cc1C(=O)OCCOC. The maximum absolute atomic E-state index is 11.9. The summed E-state index contributed by atoms with van der Waals surface area (Å²) >= 11 is 0. The summed E-state index contributed by atoms with van der Waals surface area (Å²) in [5.41, 5.74) is 0.909. The highest BCUT2D eigenvalue weighted by atomic mass is 35.7. The maximum Gasteiger partial charge on any atom is 0.338 e. The Bertz CT molecular complexity index is 553. The number of ether oxygens (including phenoxy) is 2. The van der Waals surface area contributed by atoms with Crippen molar-refractivity contribution in [3.05, 3.63) is 29.3 Å². The number of hydrogen-bond donors (Lipinski definition) is 0. The third-order valence-corrected chi connectivity index (χ3v) is 3.84. The molecule has 0 spiro atoms. The summed E-state index contributed by atoms with van der Waals surface area (Å²) in [6, 6.07) is 4.16. The van der Waals surface area contributed by atoms with E-state index in [0.29, 0.717) is 12.0 Å². The first-order valence-corrected chi connectivity index (χ1v) is 7.94. The second-order valence-corrected chi connectivity index (χ2v) is 6.31. The third kappa shape index (κ3) is 4.49. The Morgan fingerprint density at radius 3 is 2.53 bits per heavy atom. The van der Waals surface area contributed by atoms with Crippen molar-refractivity contribution in [3.63, 3.8) is 0 Å². The zero-order chi connectivity index (χ0) is 14.5. The largest absolute Gasteiger partial charge is 0.460 e. The van der Waals surface area contributed by atoms with E-state index in [1.165, 1.54) is 19.2 Å². The van der Waals surface area contributed by atoms with E-state index in [-0.39, 0.29) is 23.7 Å². The molecule has 5 nitrogen and oxygen atoms in total. The normalized spacial score (nSPS) is 11.3. The standard InChI is InChI=1S/C12H15ClO5S/c1-3-9-4-5-10(19(13,15)16)8-11(9)12(14)18-7-6-17-2/h4-5,8H,3,6-7H2,1-2H3. The van der Waals surface area contributed by atoms with Crippen LogP contribution in [0, 0.1) is 0 Å². The molecule has 0 aliphatic carbocycles. The van der Waals surface area contributed by atoms with E-state index in [2.05, 4.69) is 0 Å². The quantitative estimate of drug-likeness (QED) is 0.456. The Labute approximate surface area is 116 Å². The summed E-state index contributed by atoms with van der Waals surface area (Å²) in [6.45, 7) is 2.24. The molecule has 106 valence electrons. The van der Waals surface area contributed by atoms with Crippen molar-refractivity contribution in [2.24, 2.45) is 0 Å². The van der Waals surface area contributed by atoms with E-state index in [1.54, 1.807) is 6.07 Å². The Morgan fingerprint density at radius 1 is 1.32 bits per heavy atom. The van der Waals surface area contributed by atoms with Gasteiger partial charge in [0, 0.05) is 17.8 Å². The minimum Gasteiger partial charge on any atom is -0.460 e. The summed E-state index contributed by atoms with van der Waals surface area (Å²) in [5.74, 6) is -0.587. The highest BCUT2D eigenvalue weighted by Crippen LogP contribution is 2.20. The summed E-state index contributed by atoms with van der Waals surface area (Å²) < 4.78 is 32.3. The van der Waals surface area contributed by atoms with Crippen LogP contribution in [0.5, 0.6) is 0 Å². The number of benzene rings is 1. The fourth-order valence-electron chi connectivity index (χ4n) is 1.50. The highest BCUT2D eigenvalue weighted by Gasteiger charge is 2.17. The second-order valence-electron chi connectivity index (χ2n) is 3.74. The van der Waals surface area contributed by atoms with Gasteiger partial charge in [0.1, 0.15) is 6.61 Å². The predicted molar refractivity (Wildman–Crippen MR) is 71.0 cm³/mol. The van der Waals surface area contributed by atoms with Crippen molar-refractivity contribution < 1.29 is 22.7 Å². The summed E-state index contributed by atoms with van der Waals surface area (Å²) in [5, 5.41) is 0. The molecule has 0 unspecified atom stereocenters. The Hall–Kier alpha value is -1.11. The van der Waals surface area contributed by atoms with E-state index in [0.717, 1.165) is 0 Å². The van der Waals surface area contributed by atoms with Gasteiger partial charge in [-0.25, -0.2) is 13.2 Å². The molecule has 0 bridgehead atoms. The number of esters is 1. The molecule has 0 aliphatic rings. The predicted octanol–water partition coefficient (Wildman–Crippen LogP) is 1.98. The van der Waals surface area contributed by atoms with Gasteiger partial charge in [-0.05, 0) is 24.1 Å². The minimum atomic E-state index is -3.87. The van der Waals surface area contributed by atoms with Crippen molar-refractivity contribution in [2.75, 3.05) is 20.3 Å². The van der Waals surface area contributed by atoms with Crippen LogP contribution in [0.4, 0.5) is 0 Å². The average molecular weight is 307 g/mol. The number of aryl methyl sites for hydroxylation is 1. The molecule has 0 heterocycles. The molecule has 1 rings (SSSR count). The van der Waals surface area contributed by atoms with Crippen molar-refractivity contribution in [3.8, 4) is 0 Å². The van der Waals surface area contributed by atoms with Crippen molar-refractivity contribution >= 4 is 25.7 Å². The lowest BCUT2D eigenvalue weighted by Gasteiger charge is -2.09. The summed E-state index contributed by atoms with van der Waals surface area (Å²) in [7, 11) is 2.88. The van der Waals surface area contributed by atoms with Crippen LogP contribution in [-0.2, 0) is 24.9 Å². The molecule has 19 heavy (non-hydrogen) atoms. The van der Waals surface area contributed by atoms with Gasteiger partial charge in [-0.15, -0.1) is 0 Å². The monoisotopic (exact) mass is 306 g/mol. The van der Waals surface area contributed by atoms with Gasteiger partial charge < -0.3 is 9.47 Å². The first kappa shape index (κ1) is 15.9. The van der Waals surface area contributed by atoms with Gasteiger partial charge in [-0.1, -0.05) is 13.0 Å². The number of halogens is 1. The fraction of sp³-hybridized carbons (Fsp3) is 0.417. The van der Waals surface area contributed by atoms with Crippen LogP contribution >= 0.6 is 10.7 Å². The summed E-state index contributed by atoms with van der Waals surface area (Å²) in [4.78, 5) is 11.7. The van der Waals surface area contributed by atoms with E-state index in [4.69, 9.17) is 20.2 Å². The fourth-order valence-corrected chi connectivity index (χ4v) is 2.28. The van der Waals surface area contributed by atoms with Crippen LogP contribution in [0.2, 0.25) is 0 Å². The average Bonchev–Trinajstić information content (AvgIpc) is 2.37. The molecular formula is C12H15ClO5S. The van der Waals surface area contributed by atoms with Gasteiger partial charge in [0.15, 0.2) is 0 Å². The van der Waals surface area contributed by atoms with Crippen molar-refractivity contribution in [1.29, 1.82) is 0 Å². The number of methoxy groups -OCH3 is 1. The Balaban J connectivity index is 3.06. The summed E-state index contributed by atoms with van der Waals surface area (Å²) in [6.07, 6.45) is 0.581. The molecule has 0 amide bonds. The van der Waals surface area contributed by atoms with Gasteiger partial charge >= 0.3 is 5.97 Å². The molecule has 1 aromatic carbocycles. The Kier molecular flexibility index (Phi) is 5.78. The van der Waals surface area contributed by atoms with Crippen molar-refractivity contribution in [2.45, 2.75) is 18.2 Å². The minimum absolute atomic E-state index is 0.107. The van der Waals surface area contributed by atoms with Crippen LogP contribution in [0.3, 0.4) is 0 Å². The molecule has 0 aliphatic heterocycles. The topological polar surface area (TPSA) is 69.7 Å². The Morgan fingerprint density at radius 2 is 2.00 bits per heavy atom. The van der Waals surface area contributed by atoms with Crippen LogP contribution in [0.1, 0.15) is 22.8 Å². The second kappa shape index (κ2) is 6.88. The van der Waals surface area contributed by atoms with E-state index in [1.807, 2.05) is 6.92 Å². The van der Waals surface area contributed by atoms with Crippen LogP contribution in [-0.4, -0.2) is 34.7 Å². The lowest BCUT2D eigenvalue weighted by molar-refractivity contribution is 0.0386. The lowest BCUT2D eigenvalue weighted by Crippen LogP contribution is -2.12. The first-order chi connectivity index (χ1) is 8.90. The highest BCUT2D eigenvalue weighted by molar-refractivity contribution is 8.13. The van der Waals surface area contributed by atoms with Crippen LogP contribution in [0.15, 0.2) is 23.1 Å². The molecule has 0 fully saturated rings.